The largest absolute Gasteiger partial charge is 0.490 e. The summed E-state index contributed by atoms with van der Waals surface area (Å²) in [5.74, 6) is 0.865. The van der Waals surface area contributed by atoms with Crippen molar-refractivity contribution in [3.8, 4) is 5.75 Å². The Morgan fingerprint density at radius 2 is 2.21 bits per heavy atom. The van der Waals surface area contributed by atoms with E-state index >= 15 is 0 Å². The first-order chi connectivity index (χ1) is 8.85. The smallest absolute Gasteiger partial charge is 0.408 e. The molecule has 2 rings (SSSR count). The van der Waals surface area contributed by atoms with Gasteiger partial charge in [0.1, 0.15) is 18.0 Å². The van der Waals surface area contributed by atoms with E-state index in [-0.39, 0.29) is 6.04 Å². The average molecular weight is 328 g/mol. The molecule has 1 aromatic carbocycles. The Labute approximate surface area is 121 Å². The van der Waals surface area contributed by atoms with Crippen LogP contribution in [0.25, 0.3) is 0 Å². The molecule has 1 atom stereocenters. The summed E-state index contributed by atoms with van der Waals surface area (Å²) in [7, 11) is 0. The molecular formula is C14H18BrNO3. The summed E-state index contributed by atoms with van der Waals surface area (Å²) in [5.41, 5.74) is 0.599. The van der Waals surface area contributed by atoms with Crippen molar-refractivity contribution < 1.29 is 14.3 Å². The molecule has 4 nitrogen and oxygen atoms in total. The molecule has 1 aliphatic rings. The van der Waals surface area contributed by atoms with E-state index in [0.29, 0.717) is 6.61 Å². The van der Waals surface area contributed by atoms with Gasteiger partial charge in [-0.15, -0.1) is 0 Å². The number of nitrogens with one attached hydrogen (secondary N) is 1. The maximum atomic E-state index is 11.7. The molecule has 0 radical (unpaired) electrons. The summed E-state index contributed by atoms with van der Waals surface area (Å²) in [4.78, 5) is 11.7. The molecular weight excluding hydrogens is 310 g/mol. The second-order valence-corrected chi connectivity index (χ2v) is 6.44. The number of amides is 1. The van der Waals surface area contributed by atoms with Crippen LogP contribution < -0.4 is 10.1 Å². The second-order valence-electron chi connectivity index (χ2n) is 5.59. The summed E-state index contributed by atoms with van der Waals surface area (Å²) in [6.45, 7) is 5.98. The minimum atomic E-state index is -0.486. The molecule has 1 heterocycles. The van der Waals surface area contributed by atoms with Crippen LogP contribution in [0.2, 0.25) is 0 Å². The molecule has 0 spiro atoms. The predicted molar refractivity (Wildman–Crippen MR) is 76.5 cm³/mol. The molecule has 1 aromatic rings. The van der Waals surface area contributed by atoms with Crippen LogP contribution in [-0.2, 0) is 11.2 Å². The Balaban J connectivity index is 1.97. The van der Waals surface area contributed by atoms with Crippen molar-refractivity contribution in [2.45, 2.75) is 38.8 Å². The van der Waals surface area contributed by atoms with Crippen molar-refractivity contribution >= 4 is 22.0 Å². The second kappa shape index (κ2) is 5.41. The fourth-order valence-electron chi connectivity index (χ4n) is 1.95. The van der Waals surface area contributed by atoms with Crippen LogP contribution in [0.15, 0.2) is 22.7 Å². The van der Waals surface area contributed by atoms with Gasteiger partial charge < -0.3 is 14.8 Å². The predicted octanol–water partition coefficient (Wildman–Crippen LogP) is 3.28. The first-order valence-corrected chi connectivity index (χ1v) is 7.04. The third-order valence-corrected chi connectivity index (χ3v) is 3.29. The molecule has 0 aliphatic carbocycles. The fraction of sp³-hybridized carbons (Fsp3) is 0.500. The number of ether oxygens (including phenoxy) is 2. The summed E-state index contributed by atoms with van der Waals surface area (Å²) >= 11 is 3.46. The van der Waals surface area contributed by atoms with E-state index in [1.54, 1.807) is 0 Å². The molecule has 5 heteroatoms. The molecule has 0 saturated carbocycles. The minimum absolute atomic E-state index is 0.0587. The number of carbonyl (C=O) groups excluding carboxylic acids is 1. The van der Waals surface area contributed by atoms with Gasteiger partial charge in [0.2, 0.25) is 0 Å². The zero-order valence-electron chi connectivity index (χ0n) is 11.3. The molecule has 0 fully saturated rings. The third kappa shape index (κ3) is 3.86. The van der Waals surface area contributed by atoms with Gasteiger partial charge in [0, 0.05) is 0 Å². The first-order valence-electron chi connectivity index (χ1n) is 6.25. The van der Waals surface area contributed by atoms with Gasteiger partial charge in [-0.25, -0.2) is 4.79 Å². The van der Waals surface area contributed by atoms with Gasteiger partial charge in [0.15, 0.2) is 0 Å². The van der Waals surface area contributed by atoms with Crippen LogP contribution in [0, 0.1) is 0 Å². The van der Waals surface area contributed by atoms with E-state index in [0.717, 1.165) is 22.2 Å². The maximum Gasteiger partial charge on any atom is 0.408 e. The Hall–Kier alpha value is -1.23. The Morgan fingerprint density at radius 1 is 1.47 bits per heavy atom. The highest BCUT2D eigenvalue weighted by atomic mass is 79.9. The Morgan fingerprint density at radius 3 is 2.89 bits per heavy atom. The van der Waals surface area contributed by atoms with Crippen molar-refractivity contribution in [2.24, 2.45) is 0 Å². The highest BCUT2D eigenvalue weighted by Gasteiger charge is 2.25. The molecule has 1 N–H and O–H groups in total. The molecule has 1 amide bonds. The van der Waals surface area contributed by atoms with E-state index < -0.39 is 11.7 Å². The Bertz CT molecular complexity index is 482. The number of benzene rings is 1. The normalized spacial score (nSPS) is 18.2. The number of para-hydroxylation sites is 1. The highest BCUT2D eigenvalue weighted by molar-refractivity contribution is 9.10. The molecule has 1 aliphatic heterocycles. The number of carbonyl (C=O) groups is 1. The number of hydrogen-bond acceptors (Lipinski definition) is 3. The number of hydrogen-bond donors (Lipinski definition) is 1. The van der Waals surface area contributed by atoms with Crippen LogP contribution in [0.4, 0.5) is 4.79 Å². The van der Waals surface area contributed by atoms with Gasteiger partial charge in [-0.1, -0.05) is 12.1 Å². The number of alkyl carbamates (subject to hydrolysis) is 1. The monoisotopic (exact) mass is 327 g/mol. The zero-order chi connectivity index (χ0) is 14.0. The van der Waals surface area contributed by atoms with Crippen molar-refractivity contribution in [1.29, 1.82) is 0 Å². The molecule has 104 valence electrons. The van der Waals surface area contributed by atoms with E-state index in [9.17, 15) is 4.79 Å². The lowest BCUT2D eigenvalue weighted by molar-refractivity contribution is 0.0481. The van der Waals surface area contributed by atoms with Crippen LogP contribution in [0.5, 0.6) is 5.75 Å². The SMILES string of the molecule is CC(C)(C)OC(=O)NC1COc2c(Br)cccc2C1. The van der Waals surface area contributed by atoms with Crippen molar-refractivity contribution in [1.82, 2.24) is 5.32 Å². The van der Waals surface area contributed by atoms with Crippen LogP contribution >= 0.6 is 15.9 Å². The van der Waals surface area contributed by atoms with Gasteiger partial charge in [-0.3, -0.25) is 0 Å². The topological polar surface area (TPSA) is 47.6 Å². The molecule has 0 bridgehead atoms. The van der Waals surface area contributed by atoms with E-state index in [1.165, 1.54) is 0 Å². The standard InChI is InChI=1S/C14H18BrNO3/c1-14(2,3)19-13(17)16-10-7-9-5-4-6-11(15)12(9)18-8-10/h4-6,10H,7-8H2,1-3H3,(H,16,17). The average Bonchev–Trinajstić information content (AvgIpc) is 2.26. The maximum absolute atomic E-state index is 11.7. The van der Waals surface area contributed by atoms with Gasteiger partial charge in [0.25, 0.3) is 0 Å². The van der Waals surface area contributed by atoms with Crippen molar-refractivity contribution in [3.63, 3.8) is 0 Å². The van der Waals surface area contributed by atoms with Gasteiger partial charge in [-0.05, 0) is 54.8 Å². The lowest BCUT2D eigenvalue weighted by Gasteiger charge is -2.28. The van der Waals surface area contributed by atoms with Crippen LogP contribution in [0.1, 0.15) is 26.3 Å². The van der Waals surface area contributed by atoms with E-state index in [4.69, 9.17) is 9.47 Å². The molecule has 19 heavy (non-hydrogen) atoms. The van der Waals surface area contributed by atoms with Gasteiger partial charge in [-0.2, -0.15) is 0 Å². The number of fused-ring (bicyclic) bond motifs is 1. The highest BCUT2D eigenvalue weighted by Crippen LogP contribution is 2.32. The third-order valence-electron chi connectivity index (χ3n) is 2.66. The molecule has 0 aromatic heterocycles. The minimum Gasteiger partial charge on any atom is -0.490 e. The van der Waals surface area contributed by atoms with Crippen molar-refractivity contribution in [2.75, 3.05) is 6.61 Å². The number of halogens is 1. The molecule has 0 saturated heterocycles. The fourth-order valence-corrected chi connectivity index (χ4v) is 2.47. The summed E-state index contributed by atoms with van der Waals surface area (Å²) in [6, 6.07) is 5.85. The summed E-state index contributed by atoms with van der Waals surface area (Å²) in [5, 5.41) is 2.83. The first kappa shape index (κ1) is 14.2. The van der Waals surface area contributed by atoms with Crippen LogP contribution in [-0.4, -0.2) is 24.3 Å². The summed E-state index contributed by atoms with van der Waals surface area (Å²) < 4.78 is 11.9. The van der Waals surface area contributed by atoms with Gasteiger partial charge >= 0.3 is 6.09 Å². The van der Waals surface area contributed by atoms with Crippen molar-refractivity contribution in [3.05, 3.63) is 28.2 Å². The summed E-state index contributed by atoms with van der Waals surface area (Å²) in [6.07, 6.45) is 0.341. The molecule has 1 unspecified atom stereocenters. The lowest BCUT2D eigenvalue weighted by Crippen LogP contribution is -2.44. The van der Waals surface area contributed by atoms with E-state index in [1.807, 2.05) is 39.0 Å². The van der Waals surface area contributed by atoms with Gasteiger partial charge in [0.05, 0.1) is 10.5 Å². The van der Waals surface area contributed by atoms with Crippen LogP contribution in [0.3, 0.4) is 0 Å². The number of rotatable bonds is 1. The quantitative estimate of drug-likeness (QED) is 0.861. The Kier molecular flexibility index (Phi) is 4.04. The zero-order valence-corrected chi connectivity index (χ0v) is 12.9. The van der Waals surface area contributed by atoms with E-state index in [2.05, 4.69) is 21.2 Å². The lowest BCUT2D eigenvalue weighted by atomic mass is 10.0.